The Labute approximate surface area is 107 Å². The van der Waals surface area contributed by atoms with Crippen LogP contribution in [0.1, 0.15) is 27.2 Å². The summed E-state index contributed by atoms with van der Waals surface area (Å²) in [4.78, 5) is 26.2. The first kappa shape index (κ1) is 14.8. The maximum absolute atomic E-state index is 11.9. The Morgan fingerprint density at radius 2 is 1.94 bits per heavy atom. The van der Waals surface area contributed by atoms with Gasteiger partial charge in [0.25, 0.3) is 0 Å². The lowest BCUT2D eigenvalue weighted by molar-refractivity contribution is -0.138. The monoisotopic (exact) mass is 258 g/mol. The number of aliphatic carboxylic acids is 1. The van der Waals surface area contributed by atoms with E-state index in [4.69, 9.17) is 9.84 Å². The van der Waals surface area contributed by atoms with Crippen molar-refractivity contribution in [2.24, 2.45) is 0 Å². The minimum atomic E-state index is -0.849. The molecule has 6 nitrogen and oxygen atoms in total. The molecule has 0 aromatic heterocycles. The number of amides is 1. The van der Waals surface area contributed by atoms with Gasteiger partial charge in [0.1, 0.15) is 5.60 Å². The van der Waals surface area contributed by atoms with Crippen molar-refractivity contribution in [1.82, 2.24) is 9.80 Å². The molecule has 1 amide bonds. The standard InChI is InChI=1S/C12H22N2O4/c1-12(2,3)18-11(17)14-6-5-13(4)9(8-14)7-10(15)16/h9H,5-8H2,1-4H3,(H,15,16). The number of nitrogens with zero attached hydrogens (tertiary/aromatic N) is 2. The number of piperazine rings is 1. The average molecular weight is 258 g/mol. The Hall–Kier alpha value is -1.30. The van der Waals surface area contributed by atoms with Crippen LogP contribution in [0, 0.1) is 0 Å². The zero-order valence-electron chi connectivity index (χ0n) is 11.5. The number of carbonyl (C=O) groups is 2. The van der Waals surface area contributed by atoms with E-state index in [1.165, 1.54) is 0 Å². The number of likely N-dealkylation sites (N-methyl/N-ethyl adjacent to an activating group) is 1. The number of carbonyl (C=O) groups excluding carboxylic acids is 1. The highest BCUT2D eigenvalue weighted by atomic mass is 16.6. The Morgan fingerprint density at radius 1 is 1.33 bits per heavy atom. The van der Waals surface area contributed by atoms with Crippen molar-refractivity contribution < 1.29 is 19.4 Å². The van der Waals surface area contributed by atoms with Crippen LogP contribution in [-0.2, 0) is 9.53 Å². The van der Waals surface area contributed by atoms with Crippen molar-refractivity contribution in [3.63, 3.8) is 0 Å². The fraction of sp³-hybridized carbons (Fsp3) is 0.833. The fourth-order valence-corrected chi connectivity index (χ4v) is 1.86. The molecule has 1 N–H and O–H groups in total. The highest BCUT2D eigenvalue weighted by Crippen LogP contribution is 2.15. The number of carboxylic acids is 1. The van der Waals surface area contributed by atoms with Crippen LogP contribution in [0.5, 0.6) is 0 Å². The van der Waals surface area contributed by atoms with Gasteiger partial charge >= 0.3 is 12.1 Å². The summed E-state index contributed by atoms with van der Waals surface area (Å²) in [5.74, 6) is -0.849. The van der Waals surface area contributed by atoms with Gasteiger partial charge in [0.05, 0.1) is 6.42 Å². The second-order valence-corrected chi connectivity index (χ2v) is 5.66. The van der Waals surface area contributed by atoms with Gasteiger partial charge in [-0.25, -0.2) is 4.79 Å². The predicted octanol–water partition coefficient (Wildman–Crippen LogP) is 1.01. The van der Waals surface area contributed by atoms with E-state index in [2.05, 4.69) is 0 Å². The molecule has 1 saturated heterocycles. The van der Waals surface area contributed by atoms with Gasteiger partial charge in [0, 0.05) is 25.7 Å². The summed E-state index contributed by atoms with van der Waals surface area (Å²) in [6, 6.07) is -0.149. The molecule has 1 heterocycles. The lowest BCUT2D eigenvalue weighted by atomic mass is 10.1. The van der Waals surface area contributed by atoms with E-state index in [1.807, 2.05) is 32.7 Å². The Balaban J connectivity index is 2.58. The molecule has 1 rings (SSSR count). The van der Waals surface area contributed by atoms with Gasteiger partial charge in [0.2, 0.25) is 0 Å². The van der Waals surface area contributed by atoms with Gasteiger partial charge in [-0.2, -0.15) is 0 Å². The molecule has 0 bridgehead atoms. The molecule has 0 aromatic rings. The Kier molecular flexibility index (Phi) is 4.56. The van der Waals surface area contributed by atoms with Crippen molar-refractivity contribution in [2.75, 3.05) is 26.7 Å². The molecular weight excluding hydrogens is 236 g/mol. The van der Waals surface area contributed by atoms with Crippen molar-refractivity contribution in [3.8, 4) is 0 Å². The van der Waals surface area contributed by atoms with Gasteiger partial charge in [-0.05, 0) is 27.8 Å². The van der Waals surface area contributed by atoms with E-state index >= 15 is 0 Å². The quantitative estimate of drug-likeness (QED) is 0.800. The van der Waals surface area contributed by atoms with Gasteiger partial charge in [-0.1, -0.05) is 0 Å². The molecule has 1 aliphatic heterocycles. The zero-order chi connectivity index (χ0) is 13.9. The van der Waals surface area contributed by atoms with E-state index in [0.717, 1.165) is 0 Å². The summed E-state index contributed by atoms with van der Waals surface area (Å²) >= 11 is 0. The summed E-state index contributed by atoms with van der Waals surface area (Å²) in [5.41, 5.74) is -0.525. The molecule has 0 aliphatic carbocycles. The van der Waals surface area contributed by atoms with Crippen LogP contribution in [0.3, 0.4) is 0 Å². The van der Waals surface area contributed by atoms with Crippen molar-refractivity contribution in [2.45, 2.75) is 38.8 Å². The lowest BCUT2D eigenvalue weighted by Gasteiger charge is -2.39. The summed E-state index contributed by atoms with van der Waals surface area (Å²) in [7, 11) is 1.88. The smallest absolute Gasteiger partial charge is 0.410 e. The van der Waals surface area contributed by atoms with Crippen LogP contribution >= 0.6 is 0 Å². The highest BCUT2D eigenvalue weighted by Gasteiger charge is 2.31. The summed E-state index contributed by atoms with van der Waals surface area (Å²) < 4.78 is 5.29. The summed E-state index contributed by atoms with van der Waals surface area (Å²) in [6.45, 7) is 7.08. The fourth-order valence-electron chi connectivity index (χ4n) is 1.86. The van der Waals surface area contributed by atoms with Crippen LogP contribution < -0.4 is 0 Å². The van der Waals surface area contributed by atoms with Crippen molar-refractivity contribution >= 4 is 12.1 Å². The highest BCUT2D eigenvalue weighted by molar-refractivity contribution is 5.69. The second kappa shape index (κ2) is 5.56. The van der Waals surface area contributed by atoms with Crippen LogP contribution in [0.2, 0.25) is 0 Å². The van der Waals surface area contributed by atoms with E-state index in [-0.39, 0.29) is 18.6 Å². The van der Waals surface area contributed by atoms with E-state index in [1.54, 1.807) is 4.90 Å². The molecule has 1 fully saturated rings. The van der Waals surface area contributed by atoms with Crippen LogP contribution in [-0.4, -0.2) is 65.3 Å². The van der Waals surface area contributed by atoms with Crippen LogP contribution in [0.4, 0.5) is 4.79 Å². The van der Waals surface area contributed by atoms with E-state index in [9.17, 15) is 9.59 Å². The predicted molar refractivity (Wildman–Crippen MR) is 66.5 cm³/mol. The largest absolute Gasteiger partial charge is 0.481 e. The third-order valence-corrected chi connectivity index (χ3v) is 2.84. The maximum Gasteiger partial charge on any atom is 0.410 e. The van der Waals surface area contributed by atoms with Crippen LogP contribution in [0.15, 0.2) is 0 Å². The summed E-state index contributed by atoms with van der Waals surface area (Å²) in [6.07, 6.45) is -0.332. The van der Waals surface area contributed by atoms with Gasteiger partial charge in [0.15, 0.2) is 0 Å². The molecule has 1 unspecified atom stereocenters. The first-order chi connectivity index (χ1) is 8.19. The van der Waals surface area contributed by atoms with Gasteiger partial charge < -0.3 is 14.7 Å². The third kappa shape index (κ3) is 4.52. The summed E-state index contributed by atoms with van der Waals surface area (Å²) in [5, 5.41) is 8.83. The van der Waals surface area contributed by atoms with E-state index in [0.29, 0.717) is 19.6 Å². The number of hydrogen-bond acceptors (Lipinski definition) is 4. The molecule has 0 radical (unpaired) electrons. The SMILES string of the molecule is CN1CCN(C(=O)OC(C)(C)C)CC1CC(=O)O. The minimum Gasteiger partial charge on any atom is -0.481 e. The second-order valence-electron chi connectivity index (χ2n) is 5.66. The van der Waals surface area contributed by atoms with Crippen LogP contribution in [0.25, 0.3) is 0 Å². The minimum absolute atomic E-state index is 0.0375. The topological polar surface area (TPSA) is 70.1 Å². The van der Waals surface area contributed by atoms with Gasteiger partial charge in [-0.3, -0.25) is 9.69 Å². The Bertz CT molecular complexity index is 325. The zero-order valence-corrected chi connectivity index (χ0v) is 11.5. The van der Waals surface area contributed by atoms with Crippen molar-refractivity contribution in [1.29, 1.82) is 0 Å². The van der Waals surface area contributed by atoms with Crippen molar-refractivity contribution in [3.05, 3.63) is 0 Å². The number of rotatable bonds is 2. The van der Waals surface area contributed by atoms with E-state index < -0.39 is 11.6 Å². The average Bonchev–Trinajstić information content (AvgIpc) is 2.17. The van der Waals surface area contributed by atoms with Gasteiger partial charge in [-0.15, -0.1) is 0 Å². The molecule has 0 saturated carbocycles. The molecule has 1 aliphatic rings. The molecule has 104 valence electrons. The Morgan fingerprint density at radius 3 is 2.44 bits per heavy atom. The normalized spacial score (nSPS) is 21.8. The maximum atomic E-state index is 11.9. The molecule has 0 spiro atoms. The first-order valence-electron chi connectivity index (χ1n) is 6.09. The molecule has 1 atom stereocenters. The number of carboxylic acid groups (broad SMARTS) is 1. The third-order valence-electron chi connectivity index (χ3n) is 2.84. The molecule has 18 heavy (non-hydrogen) atoms. The lowest BCUT2D eigenvalue weighted by Crippen LogP contribution is -2.54. The number of ether oxygens (including phenoxy) is 1. The molecule has 0 aromatic carbocycles. The molecule has 6 heteroatoms. The first-order valence-corrected chi connectivity index (χ1v) is 6.09. The number of hydrogen-bond donors (Lipinski definition) is 1. The molecular formula is C12H22N2O4.